The van der Waals surface area contributed by atoms with Crippen LogP contribution in [0.1, 0.15) is 196 Å². The molecule has 0 aliphatic heterocycles. The van der Waals surface area contributed by atoms with Gasteiger partial charge in [-0.25, -0.2) is 0 Å². The maximum Gasteiger partial charge on any atom is 0.133 e. The quantitative estimate of drug-likeness (QED) is 0.120. The summed E-state index contributed by atoms with van der Waals surface area (Å²) in [4.78, 5) is 25.1. The van der Waals surface area contributed by atoms with E-state index in [0.29, 0.717) is 46.1 Å². The summed E-state index contributed by atoms with van der Waals surface area (Å²) >= 11 is 0. The summed E-state index contributed by atoms with van der Waals surface area (Å²) in [7, 11) is 0. The van der Waals surface area contributed by atoms with E-state index in [0.717, 1.165) is 127 Å². The number of carbonyl (C=O) groups excluding carboxylic acids is 2. The van der Waals surface area contributed by atoms with Gasteiger partial charge in [0.1, 0.15) is 11.6 Å². The number of hydrogen-bond acceptors (Lipinski definition) is 5. The molecule has 0 amide bonds. The van der Waals surface area contributed by atoms with Crippen LogP contribution in [0.5, 0.6) is 0 Å². The van der Waals surface area contributed by atoms with Crippen LogP contribution in [0.4, 0.5) is 0 Å². The van der Waals surface area contributed by atoms with Crippen molar-refractivity contribution in [1.82, 2.24) is 0 Å². The maximum absolute atomic E-state index is 12.5. The zero-order chi connectivity index (χ0) is 41.7. The molecule has 0 aromatic carbocycles. The highest BCUT2D eigenvalue weighted by Crippen LogP contribution is 2.68. The lowest BCUT2D eigenvalue weighted by molar-refractivity contribution is -0.128. The van der Waals surface area contributed by atoms with Crippen molar-refractivity contribution >= 4 is 11.6 Å². The number of carbonyl (C=O) groups is 2. The lowest BCUT2D eigenvalue weighted by atomic mass is 9.46. The zero-order valence-corrected chi connectivity index (χ0v) is 38.6. The number of Topliss-reactive ketones (excluding diaryl/α,β-unsaturated/α-hetero) is 2. The predicted molar refractivity (Wildman–Crippen MR) is 238 cm³/mol. The van der Waals surface area contributed by atoms with Crippen LogP contribution < -0.4 is 0 Å². The molecule has 16 atom stereocenters. The van der Waals surface area contributed by atoms with Crippen molar-refractivity contribution in [2.45, 2.75) is 208 Å². The monoisotopic (exact) mass is 815 g/mol. The Morgan fingerprint density at radius 1 is 0.576 bits per heavy atom. The topological polar surface area (TPSA) is 83.8 Å². The van der Waals surface area contributed by atoms with E-state index in [1.54, 1.807) is 11.1 Å². The Balaban J connectivity index is 0.678. The molecule has 0 spiro atoms. The van der Waals surface area contributed by atoms with Gasteiger partial charge in [-0.3, -0.25) is 9.59 Å². The Labute approximate surface area is 360 Å². The van der Waals surface area contributed by atoms with Crippen LogP contribution in [0.15, 0.2) is 23.3 Å². The minimum absolute atomic E-state index is 0.191. The van der Waals surface area contributed by atoms with E-state index < -0.39 is 0 Å². The molecule has 5 heteroatoms. The van der Waals surface area contributed by atoms with Gasteiger partial charge < -0.3 is 14.9 Å². The molecule has 2 N–H and O–H groups in total. The van der Waals surface area contributed by atoms with E-state index in [1.165, 1.54) is 64.2 Å². The van der Waals surface area contributed by atoms with Crippen LogP contribution in [-0.2, 0) is 14.3 Å². The fourth-order valence-corrected chi connectivity index (χ4v) is 17.4. The first kappa shape index (κ1) is 44.3. The fraction of sp³-hybridized carbons (Fsp3) is 0.889. The molecule has 332 valence electrons. The molecule has 0 aromatic heterocycles. The van der Waals surface area contributed by atoms with E-state index in [4.69, 9.17) is 4.74 Å². The Morgan fingerprint density at radius 3 is 1.41 bits per heavy atom. The van der Waals surface area contributed by atoms with Crippen molar-refractivity contribution in [2.75, 3.05) is 13.2 Å². The molecule has 2 unspecified atom stereocenters. The van der Waals surface area contributed by atoms with Crippen LogP contribution in [0, 0.1) is 80.8 Å². The first-order chi connectivity index (χ1) is 28.2. The molecule has 8 rings (SSSR count). The molecule has 0 bridgehead atoms. The molecular weight excluding hydrogens is 729 g/mol. The smallest absolute Gasteiger partial charge is 0.133 e. The van der Waals surface area contributed by atoms with Crippen LogP contribution >= 0.6 is 0 Å². The number of ketones is 2. The average molecular weight is 815 g/mol. The van der Waals surface area contributed by atoms with Gasteiger partial charge >= 0.3 is 0 Å². The Bertz CT molecular complexity index is 1470. The summed E-state index contributed by atoms with van der Waals surface area (Å²) in [6.07, 6.45) is 32.2. The van der Waals surface area contributed by atoms with Gasteiger partial charge in [-0.05, 0) is 211 Å². The van der Waals surface area contributed by atoms with Gasteiger partial charge in [-0.15, -0.1) is 0 Å². The van der Waals surface area contributed by atoms with Crippen LogP contribution in [0.25, 0.3) is 0 Å². The standard InChI is InChI=1S/C54H86O5/c1-35(55)43-19-21-45-41-17-15-39-33-37(23-27-51(39,3)47(41)25-29-53(43,45)5)49(57)13-9-7-11-31-59-32-12-8-10-14-50(58)38-24-28-52(4)40(34-38)16-18-42-46-22-20-44(36(2)56)54(46,6)30-26-48(42)52/h15-16,37-38,41-50,57-58H,7-14,17-34H2,1-6H3/t37-,38-,41-,42-,43+,44+,45-,46-,47-,48-,49?,50?,51-,52-,53+,54+/m0/s1. The van der Waals surface area contributed by atoms with Crippen LogP contribution in [-0.4, -0.2) is 47.2 Å². The van der Waals surface area contributed by atoms with Crippen molar-refractivity contribution in [3.8, 4) is 0 Å². The normalized spacial score (nSPS) is 44.7. The van der Waals surface area contributed by atoms with Gasteiger partial charge in [0.25, 0.3) is 0 Å². The third kappa shape index (κ3) is 8.10. The maximum atomic E-state index is 12.5. The number of hydrogen-bond donors (Lipinski definition) is 2. The Kier molecular flexibility index (Phi) is 13.3. The second-order valence-electron chi connectivity index (χ2n) is 23.5. The highest BCUT2D eigenvalue weighted by Gasteiger charge is 2.61. The lowest BCUT2D eigenvalue weighted by Crippen LogP contribution is -2.51. The first-order valence-corrected chi connectivity index (χ1v) is 25.5. The van der Waals surface area contributed by atoms with E-state index in [-0.39, 0.29) is 34.9 Å². The molecule has 8 aliphatic rings. The lowest BCUT2D eigenvalue weighted by Gasteiger charge is -2.58. The van der Waals surface area contributed by atoms with Crippen LogP contribution in [0.3, 0.4) is 0 Å². The molecule has 0 radical (unpaired) electrons. The summed E-state index contributed by atoms with van der Waals surface area (Å²) in [5.74, 6) is 6.60. The van der Waals surface area contributed by atoms with Crippen molar-refractivity contribution in [3.05, 3.63) is 23.3 Å². The zero-order valence-electron chi connectivity index (χ0n) is 38.6. The summed E-state index contributed by atoms with van der Waals surface area (Å²) in [6, 6.07) is 0. The second kappa shape index (κ2) is 17.7. The third-order valence-electron chi connectivity index (χ3n) is 20.9. The molecule has 6 saturated carbocycles. The minimum Gasteiger partial charge on any atom is -0.393 e. The van der Waals surface area contributed by atoms with Gasteiger partial charge in [0.15, 0.2) is 0 Å². The number of ether oxygens (including phenoxy) is 1. The van der Waals surface area contributed by atoms with E-state index >= 15 is 0 Å². The predicted octanol–water partition coefficient (Wildman–Crippen LogP) is 12.4. The second-order valence-corrected chi connectivity index (χ2v) is 23.5. The highest BCUT2D eigenvalue weighted by atomic mass is 16.5. The van der Waals surface area contributed by atoms with Crippen molar-refractivity contribution in [1.29, 1.82) is 0 Å². The van der Waals surface area contributed by atoms with Gasteiger partial charge in [-0.1, -0.05) is 76.7 Å². The molecule has 5 nitrogen and oxygen atoms in total. The number of allylic oxidation sites excluding steroid dienone is 4. The minimum atomic E-state index is -0.191. The van der Waals surface area contributed by atoms with Crippen molar-refractivity contribution in [3.63, 3.8) is 0 Å². The number of aliphatic hydroxyl groups is 2. The molecular formula is C54H86O5. The van der Waals surface area contributed by atoms with Gasteiger partial charge in [0.2, 0.25) is 0 Å². The number of unbranched alkanes of at least 4 members (excludes halogenated alkanes) is 4. The molecule has 8 aliphatic carbocycles. The molecule has 59 heavy (non-hydrogen) atoms. The average Bonchev–Trinajstić information content (AvgIpc) is 3.76. The van der Waals surface area contributed by atoms with Crippen molar-refractivity contribution in [2.24, 2.45) is 80.8 Å². The highest BCUT2D eigenvalue weighted by molar-refractivity contribution is 5.80. The van der Waals surface area contributed by atoms with Crippen LogP contribution in [0.2, 0.25) is 0 Å². The molecule has 6 fully saturated rings. The van der Waals surface area contributed by atoms with Gasteiger partial charge in [0.05, 0.1) is 12.2 Å². The molecule has 0 aromatic rings. The first-order valence-electron chi connectivity index (χ1n) is 25.5. The number of fused-ring (bicyclic) bond motifs is 10. The van der Waals surface area contributed by atoms with E-state index in [9.17, 15) is 19.8 Å². The molecule has 0 heterocycles. The fourth-order valence-electron chi connectivity index (χ4n) is 17.4. The Morgan fingerprint density at radius 2 is 1.00 bits per heavy atom. The van der Waals surface area contributed by atoms with E-state index in [2.05, 4.69) is 39.8 Å². The largest absolute Gasteiger partial charge is 0.393 e. The Hall–Kier alpha value is -1.30. The van der Waals surface area contributed by atoms with Gasteiger partial charge in [0, 0.05) is 25.0 Å². The summed E-state index contributed by atoms with van der Waals surface area (Å²) in [6.45, 7) is 15.3. The number of rotatable bonds is 16. The summed E-state index contributed by atoms with van der Waals surface area (Å²) in [5.41, 5.74) is 4.32. The van der Waals surface area contributed by atoms with E-state index in [1.807, 2.05) is 13.8 Å². The SMILES string of the molecule is CC(=O)[C@H]1CC[C@H]2[C@@H]3CC=C4C[C@@H](C(O)CCCCCOCCCCCC(O)[C@H]5CC[C@@]6(C)C(=CC[C@H]7[C@@H]8CC[C@H](C(C)=O)[C@@]8(C)CC[C@@H]76)C5)CC[C@]4(C)[C@H]3CC[C@]12C. The molecule has 0 saturated heterocycles. The third-order valence-corrected chi connectivity index (χ3v) is 20.9. The summed E-state index contributed by atoms with van der Waals surface area (Å²) in [5, 5.41) is 22.6. The van der Waals surface area contributed by atoms with Gasteiger partial charge in [-0.2, -0.15) is 0 Å². The summed E-state index contributed by atoms with van der Waals surface area (Å²) < 4.78 is 6.03. The van der Waals surface area contributed by atoms with Crippen molar-refractivity contribution < 1.29 is 24.5 Å². The number of aliphatic hydroxyl groups excluding tert-OH is 2.